The second-order valence-corrected chi connectivity index (χ2v) is 7.28. The fraction of sp³-hybridized carbons (Fsp3) is 0.632. The number of hydrogen-bond acceptors (Lipinski definition) is 2. The Bertz CT molecular complexity index is 488. The number of amides is 1. The lowest BCUT2D eigenvalue weighted by Gasteiger charge is -2.35. The predicted octanol–water partition coefficient (Wildman–Crippen LogP) is 3.44. The molecule has 3 heteroatoms. The Hall–Kier alpha value is -1.35. The van der Waals surface area contributed by atoms with Gasteiger partial charge in [-0.1, -0.05) is 52.0 Å². The third-order valence-corrected chi connectivity index (χ3v) is 4.43. The molecule has 0 radical (unpaired) electrons. The maximum atomic E-state index is 11.8. The van der Waals surface area contributed by atoms with E-state index in [0.717, 1.165) is 18.4 Å². The molecule has 22 heavy (non-hydrogen) atoms. The van der Waals surface area contributed by atoms with E-state index in [1.54, 1.807) is 0 Å². The quantitative estimate of drug-likeness (QED) is 0.903. The van der Waals surface area contributed by atoms with Crippen LogP contribution in [-0.2, 0) is 17.9 Å². The zero-order chi connectivity index (χ0) is 16.1. The molecule has 2 rings (SSSR count). The molecule has 0 aromatic heterocycles. The molecule has 122 valence electrons. The van der Waals surface area contributed by atoms with Crippen LogP contribution >= 0.6 is 0 Å². The summed E-state index contributed by atoms with van der Waals surface area (Å²) in [5.41, 5.74) is 2.58. The van der Waals surface area contributed by atoms with Gasteiger partial charge in [0.2, 0.25) is 5.91 Å². The molecule has 2 atom stereocenters. The van der Waals surface area contributed by atoms with Crippen molar-refractivity contribution in [3.05, 3.63) is 35.4 Å². The Morgan fingerprint density at radius 1 is 1.18 bits per heavy atom. The molecule has 1 heterocycles. The Balaban J connectivity index is 2.00. The number of carbonyl (C=O) groups excluding carboxylic acids is 1. The summed E-state index contributed by atoms with van der Waals surface area (Å²) in [7, 11) is 0. The van der Waals surface area contributed by atoms with Crippen molar-refractivity contribution in [2.24, 2.45) is 17.8 Å². The molecule has 1 aliphatic heterocycles. The van der Waals surface area contributed by atoms with Crippen molar-refractivity contribution < 1.29 is 4.79 Å². The molecule has 1 aliphatic rings. The lowest BCUT2D eigenvalue weighted by Crippen LogP contribution is -2.38. The third-order valence-electron chi connectivity index (χ3n) is 4.43. The predicted molar refractivity (Wildman–Crippen MR) is 91.3 cm³/mol. The zero-order valence-corrected chi connectivity index (χ0v) is 14.4. The molecular formula is C19H30N2O. The Morgan fingerprint density at radius 3 is 2.36 bits per heavy atom. The molecule has 1 aromatic carbocycles. The molecule has 1 aromatic rings. The van der Waals surface area contributed by atoms with Gasteiger partial charge in [0.1, 0.15) is 0 Å². The monoisotopic (exact) mass is 302 g/mol. The van der Waals surface area contributed by atoms with Gasteiger partial charge in [-0.15, -0.1) is 0 Å². The van der Waals surface area contributed by atoms with Crippen LogP contribution in [0.3, 0.4) is 0 Å². The Morgan fingerprint density at radius 2 is 1.77 bits per heavy atom. The van der Waals surface area contributed by atoms with Gasteiger partial charge in [-0.2, -0.15) is 0 Å². The minimum Gasteiger partial charge on any atom is -0.352 e. The van der Waals surface area contributed by atoms with Crippen LogP contribution in [0.5, 0.6) is 0 Å². The van der Waals surface area contributed by atoms with Crippen LogP contribution in [0.4, 0.5) is 0 Å². The molecule has 3 nitrogen and oxygen atoms in total. The van der Waals surface area contributed by atoms with Gasteiger partial charge in [0.05, 0.1) is 0 Å². The minimum atomic E-state index is 0.0379. The fourth-order valence-electron chi connectivity index (χ4n) is 3.43. The largest absolute Gasteiger partial charge is 0.352 e. The van der Waals surface area contributed by atoms with Crippen LogP contribution < -0.4 is 5.32 Å². The number of nitrogens with zero attached hydrogens (tertiary/aromatic N) is 1. The maximum absolute atomic E-state index is 11.8. The van der Waals surface area contributed by atoms with E-state index >= 15 is 0 Å². The number of piperidine rings is 1. The van der Waals surface area contributed by atoms with Gasteiger partial charge >= 0.3 is 0 Å². The molecule has 1 amide bonds. The van der Waals surface area contributed by atoms with E-state index in [1.807, 2.05) is 13.8 Å². The van der Waals surface area contributed by atoms with Gasteiger partial charge in [0, 0.05) is 32.1 Å². The number of rotatable bonds is 5. The van der Waals surface area contributed by atoms with Gasteiger partial charge < -0.3 is 5.32 Å². The summed E-state index contributed by atoms with van der Waals surface area (Å²) in [6, 6.07) is 8.48. The van der Waals surface area contributed by atoms with Crippen molar-refractivity contribution in [2.75, 3.05) is 13.1 Å². The van der Waals surface area contributed by atoms with E-state index < -0.39 is 0 Å². The van der Waals surface area contributed by atoms with Crippen LogP contribution in [0.1, 0.15) is 45.2 Å². The van der Waals surface area contributed by atoms with Gasteiger partial charge in [-0.3, -0.25) is 9.69 Å². The van der Waals surface area contributed by atoms with E-state index in [9.17, 15) is 4.79 Å². The van der Waals surface area contributed by atoms with Crippen molar-refractivity contribution in [3.63, 3.8) is 0 Å². The number of likely N-dealkylation sites (tertiary alicyclic amines) is 1. The van der Waals surface area contributed by atoms with Crippen LogP contribution in [-0.4, -0.2) is 23.9 Å². The average molecular weight is 302 g/mol. The van der Waals surface area contributed by atoms with Gasteiger partial charge in [-0.05, 0) is 29.4 Å². The SMILES string of the molecule is CC(C)C(=O)NCc1ccccc1CN1C[C@H](C)C[C@@H](C)C1. The normalized spacial score (nSPS) is 22.8. The van der Waals surface area contributed by atoms with Crippen LogP contribution in [0.25, 0.3) is 0 Å². The molecule has 1 saturated heterocycles. The van der Waals surface area contributed by atoms with Crippen molar-refractivity contribution in [1.82, 2.24) is 10.2 Å². The molecule has 0 spiro atoms. The second-order valence-electron chi connectivity index (χ2n) is 7.28. The molecule has 1 fully saturated rings. The van der Waals surface area contributed by atoms with E-state index in [-0.39, 0.29) is 11.8 Å². The molecular weight excluding hydrogens is 272 g/mol. The number of nitrogens with one attached hydrogen (secondary N) is 1. The van der Waals surface area contributed by atoms with Crippen molar-refractivity contribution >= 4 is 5.91 Å². The van der Waals surface area contributed by atoms with Crippen LogP contribution in [0, 0.1) is 17.8 Å². The first-order chi connectivity index (χ1) is 10.5. The Kier molecular flexibility index (Phi) is 6.01. The zero-order valence-electron chi connectivity index (χ0n) is 14.4. The second kappa shape index (κ2) is 7.77. The van der Waals surface area contributed by atoms with E-state index in [2.05, 4.69) is 48.3 Å². The fourth-order valence-corrected chi connectivity index (χ4v) is 3.43. The highest BCUT2D eigenvalue weighted by atomic mass is 16.1. The number of hydrogen-bond donors (Lipinski definition) is 1. The first kappa shape index (κ1) is 17.0. The summed E-state index contributed by atoms with van der Waals surface area (Å²) in [5, 5.41) is 3.04. The summed E-state index contributed by atoms with van der Waals surface area (Å²) in [4.78, 5) is 14.3. The summed E-state index contributed by atoms with van der Waals surface area (Å²) in [6.07, 6.45) is 1.34. The summed E-state index contributed by atoms with van der Waals surface area (Å²) < 4.78 is 0. The molecule has 0 aliphatic carbocycles. The standard InChI is InChI=1S/C19H30N2O/c1-14(2)19(22)20-10-17-7-5-6-8-18(17)13-21-11-15(3)9-16(4)12-21/h5-8,14-16H,9-13H2,1-4H3,(H,20,22)/t15-,16-/m1/s1. The molecule has 1 N–H and O–H groups in total. The first-order valence-electron chi connectivity index (χ1n) is 8.52. The van der Waals surface area contributed by atoms with Gasteiger partial charge in [-0.25, -0.2) is 0 Å². The number of benzene rings is 1. The highest BCUT2D eigenvalue weighted by Gasteiger charge is 2.22. The summed E-state index contributed by atoms with van der Waals surface area (Å²) in [6.45, 7) is 12.5. The van der Waals surface area contributed by atoms with Gasteiger partial charge in [0.15, 0.2) is 0 Å². The highest BCUT2D eigenvalue weighted by molar-refractivity contribution is 5.77. The molecule has 0 unspecified atom stereocenters. The maximum Gasteiger partial charge on any atom is 0.222 e. The van der Waals surface area contributed by atoms with E-state index in [4.69, 9.17) is 0 Å². The lowest BCUT2D eigenvalue weighted by atomic mass is 9.91. The van der Waals surface area contributed by atoms with Crippen molar-refractivity contribution in [1.29, 1.82) is 0 Å². The topological polar surface area (TPSA) is 32.3 Å². The van der Waals surface area contributed by atoms with Crippen LogP contribution in [0.2, 0.25) is 0 Å². The lowest BCUT2D eigenvalue weighted by molar-refractivity contribution is -0.124. The minimum absolute atomic E-state index is 0.0379. The van der Waals surface area contributed by atoms with Gasteiger partial charge in [0.25, 0.3) is 0 Å². The van der Waals surface area contributed by atoms with Crippen molar-refractivity contribution in [3.8, 4) is 0 Å². The van der Waals surface area contributed by atoms with Crippen molar-refractivity contribution in [2.45, 2.75) is 47.2 Å². The first-order valence-corrected chi connectivity index (χ1v) is 8.52. The van der Waals surface area contributed by atoms with E-state index in [0.29, 0.717) is 6.54 Å². The molecule has 0 saturated carbocycles. The summed E-state index contributed by atoms with van der Waals surface area (Å²) >= 11 is 0. The third kappa shape index (κ3) is 4.84. The smallest absolute Gasteiger partial charge is 0.222 e. The highest BCUT2D eigenvalue weighted by Crippen LogP contribution is 2.23. The summed E-state index contributed by atoms with van der Waals surface area (Å²) in [5.74, 6) is 1.71. The van der Waals surface area contributed by atoms with E-state index in [1.165, 1.54) is 30.6 Å². The molecule has 0 bridgehead atoms. The van der Waals surface area contributed by atoms with Crippen LogP contribution in [0.15, 0.2) is 24.3 Å². The number of carbonyl (C=O) groups is 1. The average Bonchev–Trinajstić information content (AvgIpc) is 2.44. The Labute approximate surface area is 135 Å².